The van der Waals surface area contributed by atoms with Gasteiger partial charge >= 0.3 is 11.9 Å². The van der Waals surface area contributed by atoms with Crippen LogP contribution >= 0.6 is 0 Å². The molecule has 10 N–H and O–H groups in total. The summed E-state index contributed by atoms with van der Waals surface area (Å²) in [6.07, 6.45) is -2.37. The standard InChI is InChI=1S/C21H30N4O10/c1-10(27)17(22)20(33)25-15(9-26)19(32)24-14(8-11-2-4-12(28)5-3-11)18(31)23-13(21(34)35)6-7-16(29)30/h2-5,10,13-15,17,26-28H,6-9,22H2,1H3,(H,23,31)(H,24,32)(H,25,33)(H,29,30)(H,34,35). The number of phenolic OH excluding ortho intramolecular Hbond substituents is 1. The third kappa shape index (κ3) is 9.95. The second-order valence-electron chi connectivity index (χ2n) is 7.77. The number of hydrogen-bond acceptors (Lipinski definition) is 9. The predicted octanol–water partition coefficient (Wildman–Crippen LogP) is -2.96. The fourth-order valence-electron chi connectivity index (χ4n) is 2.83. The van der Waals surface area contributed by atoms with Crippen LogP contribution in [0, 0.1) is 0 Å². The Labute approximate surface area is 200 Å². The molecule has 1 aromatic carbocycles. The van der Waals surface area contributed by atoms with E-state index in [1.807, 2.05) is 0 Å². The van der Waals surface area contributed by atoms with Gasteiger partial charge in [0.25, 0.3) is 0 Å². The number of benzene rings is 1. The summed E-state index contributed by atoms with van der Waals surface area (Å²) in [7, 11) is 0. The number of rotatable bonds is 14. The van der Waals surface area contributed by atoms with Crippen LogP contribution in [0.15, 0.2) is 24.3 Å². The van der Waals surface area contributed by atoms with E-state index in [1.54, 1.807) is 0 Å². The summed E-state index contributed by atoms with van der Waals surface area (Å²) >= 11 is 0. The van der Waals surface area contributed by atoms with Crippen molar-refractivity contribution in [1.29, 1.82) is 0 Å². The van der Waals surface area contributed by atoms with Crippen LogP contribution in [0.4, 0.5) is 0 Å². The molecule has 14 heteroatoms. The lowest BCUT2D eigenvalue weighted by Crippen LogP contribution is -2.59. The van der Waals surface area contributed by atoms with Crippen LogP contribution in [-0.2, 0) is 30.4 Å². The van der Waals surface area contributed by atoms with Crippen LogP contribution in [-0.4, -0.2) is 92.1 Å². The Balaban J connectivity index is 3.07. The van der Waals surface area contributed by atoms with Crippen molar-refractivity contribution >= 4 is 29.7 Å². The van der Waals surface area contributed by atoms with Crippen LogP contribution in [0.5, 0.6) is 5.75 Å². The molecule has 14 nitrogen and oxygen atoms in total. The van der Waals surface area contributed by atoms with Crippen LogP contribution in [0.1, 0.15) is 25.3 Å². The summed E-state index contributed by atoms with van der Waals surface area (Å²) in [5.41, 5.74) is 5.96. The minimum absolute atomic E-state index is 0.0593. The molecule has 0 aliphatic carbocycles. The molecule has 3 amide bonds. The largest absolute Gasteiger partial charge is 0.508 e. The molecule has 0 radical (unpaired) electrons. The van der Waals surface area contributed by atoms with Gasteiger partial charge in [0, 0.05) is 12.8 Å². The van der Waals surface area contributed by atoms with Crippen molar-refractivity contribution in [3.05, 3.63) is 29.8 Å². The molecule has 0 saturated heterocycles. The molecule has 5 atom stereocenters. The number of carbonyl (C=O) groups is 5. The van der Waals surface area contributed by atoms with Crippen molar-refractivity contribution in [2.45, 2.75) is 56.5 Å². The van der Waals surface area contributed by atoms with Gasteiger partial charge in [-0.25, -0.2) is 4.79 Å². The van der Waals surface area contributed by atoms with E-state index in [-0.39, 0.29) is 12.2 Å². The van der Waals surface area contributed by atoms with Gasteiger partial charge in [-0.2, -0.15) is 0 Å². The van der Waals surface area contributed by atoms with Gasteiger partial charge in [-0.1, -0.05) is 12.1 Å². The summed E-state index contributed by atoms with van der Waals surface area (Å²) in [5.74, 6) is -5.72. The maximum Gasteiger partial charge on any atom is 0.326 e. The molecule has 0 aliphatic heterocycles. The Morgan fingerprint density at radius 3 is 1.89 bits per heavy atom. The first kappa shape index (κ1) is 29.3. The summed E-state index contributed by atoms with van der Waals surface area (Å²) in [4.78, 5) is 59.8. The number of nitrogens with one attached hydrogen (secondary N) is 3. The SMILES string of the molecule is CC(O)C(N)C(=O)NC(CO)C(=O)NC(Cc1ccc(O)cc1)C(=O)NC(CCC(=O)O)C(=O)O. The minimum atomic E-state index is -1.56. The van der Waals surface area contributed by atoms with E-state index in [0.717, 1.165) is 0 Å². The Bertz CT molecular complexity index is 906. The lowest BCUT2D eigenvalue weighted by Gasteiger charge is -2.25. The van der Waals surface area contributed by atoms with Gasteiger partial charge in [0.2, 0.25) is 17.7 Å². The predicted molar refractivity (Wildman–Crippen MR) is 119 cm³/mol. The molecule has 5 unspecified atom stereocenters. The summed E-state index contributed by atoms with van der Waals surface area (Å²) < 4.78 is 0. The van der Waals surface area contributed by atoms with Gasteiger partial charge in [0.05, 0.1) is 12.7 Å². The number of carbonyl (C=O) groups excluding carboxylic acids is 3. The van der Waals surface area contributed by atoms with Crippen molar-refractivity contribution in [2.75, 3.05) is 6.61 Å². The van der Waals surface area contributed by atoms with Gasteiger partial charge in [0.15, 0.2) is 0 Å². The van der Waals surface area contributed by atoms with E-state index in [9.17, 15) is 44.4 Å². The molecule has 0 aliphatic rings. The fraction of sp³-hybridized carbons (Fsp3) is 0.476. The Hall–Kier alpha value is -3.75. The Morgan fingerprint density at radius 1 is 0.886 bits per heavy atom. The highest BCUT2D eigenvalue weighted by molar-refractivity contribution is 5.94. The third-order valence-corrected chi connectivity index (χ3v) is 4.91. The van der Waals surface area contributed by atoms with Gasteiger partial charge in [-0.15, -0.1) is 0 Å². The molecule has 0 bridgehead atoms. The maximum absolute atomic E-state index is 12.9. The van der Waals surface area contributed by atoms with Crippen molar-refractivity contribution in [3.63, 3.8) is 0 Å². The van der Waals surface area contributed by atoms with E-state index < -0.39 is 79.4 Å². The molecular weight excluding hydrogens is 468 g/mol. The first-order chi connectivity index (χ1) is 16.3. The number of carboxylic acids is 2. The molecule has 35 heavy (non-hydrogen) atoms. The van der Waals surface area contributed by atoms with Crippen LogP contribution < -0.4 is 21.7 Å². The average Bonchev–Trinajstić information content (AvgIpc) is 2.79. The zero-order valence-electron chi connectivity index (χ0n) is 18.9. The number of hydrogen-bond donors (Lipinski definition) is 9. The van der Waals surface area contributed by atoms with Crippen LogP contribution in [0.2, 0.25) is 0 Å². The van der Waals surface area contributed by atoms with Crippen molar-refractivity contribution in [1.82, 2.24) is 16.0 Å². The molecule has 0 spiro atoms. The Morgan fingerprint density at radius 2 is 1.40 bits per heavy atom. The number of carboxylic acid groups (broad SMARTS) is 2. The first-order valence-electron chi connectivity index (χ1n) is 10.5. The number of aromatic hydroxyl groups is 1. The van der Waals surface area contributed by atoms with E-state index in [4.69, 9.17) is 10.8 Å². The molecule has 0 fully saturated rings. The topological polar surface area (TPSA) is 249 Å². The number of aliphatic hydroxyl groups is 2. The smallest absolute Gasteiger partial charge is 0.326 e. The number of amides is 3. The van der Waals surface area contributed by atoms with E-state index >= 15 is 0 Å². The second kappa shape index (κ2) is 13.8. The number of nitrogens with two attached hydrogens (primary N) is 1. The first-order valence-corrected chi connectivity index (χ1v) is 10.5. The van der Waals surface area contributed by atoms with Crippen molar-refractivity contribution in [3.8, 4) is 5.75 Å². The molecular formula is C21H30N4O10. The van der Waals surface area contributed by atoms with Crippen molar-refractivity contribution in [2.24, 2.45) is 5.73 Å². The minimum Gasteiger partial charge on any atom is -0.508 e. The highest BCUT2D eigenvalue weighted by Gasteiger charge is 2.31. The quantitative estimate of drug-likeness (QED) is 0.125. The summed E-state index contributed by atoms with van der Waals surface area (Å²) in [6, 6.07) is -0.351. The second-order valence-corrected chi connectivity index (χ2v) is 7.77. The zero-order valence-corrected chi connectivity index (χ0v) is 18.9. The number of aliphatic hydroxyl groups excluding tert-OH is 2. The maximum atomic E-state index is 12.9. The van der Waals surface area contributed by atoms with Gasteiger partial charge in [-0.3, -0.25) is 19.2 Å². The monoisotopic (exact) mass is 498 g/mol. The molecule has 0 heterocycles. The average molecular weight is 498 g/mol. The molecule has 194 valence electrons. The van der Waals surface area contributed by atoms with E-state index in [2.05, 4.69) is 16.0 Å². The number of aliphatic carboxylic acids is 2. The molecule has 1 rings (SSSR count). The zero-order chi connectivity index (χ0) is 26.7. The lowest BCUT2D eigenvalue weighted by atomic mass is 10.0. The third-order valence-electron chi connectivity index (χ3n) is 4.91. The highest BCUT2D eigenvalue weighted by atomic mass is 16.4. The van der Waals surface area contributed by atoms with Crippen molar-refractivity contribution < 1.29 is 49.5 Å². The molecule has 0 saturated carbocycles. The highest BCUT2D eigenvalue weighted by Crippen LogP contribution is 2.12. The normalized spacial score (nSPS) is 15.1. The van der Waals surface area contributed by atoms with Crippen LogP contribution in [0.3, 0.4) is 0 Å². The summed E-state index contributed by atoms with van der Waals surface area (Å²) in [5, 5.41) is 53.1. The van der Waals surface area contributed by atoms with Gasteiger partial charge in [-0.05, 0) is 31.0 Å². The van der Waals surface area contributed by atoms with Crippen LogP contribution in [0.25, 0.3) is 0 Å². The molecule has 1 aromatic rings. The Kier molecular flexibility index (Phi) is 11.6. The van der Waals surface area contributed by atoms with Gasteiger partial charge in [0.1, 0.15) is 29.9 Å². The summed E-state index contributed by atoms with van der Waals surface area (Å²) in [6.45, 7) is 0.369. The fourth-order valence-corrected chi connectivity index (χ4v) is 2.83. The van der Waals surface area contributed by atoms with E-state index in [1.165, 1.54) is 31.2 Å². The lowest BCUT2D eigenvalue weighted by molar-refractivity contribution is -0.143. The van der Waals surface area contributed by atoms with E-state index in [0.29, 0.717) is 5.56 Å². The van der Waals surface area contributed by atoms with Gasteiger partial charge < -0.3 is 47.2 Å². The number of phenols is 1. The molecule has 0 aromatic heterocycles.